The van der Waals surface area contributed by atoms with E-state index in [0.29, 0.717) is 25.3 Å². The van der Waals surface area contributed by atoms with Crippen LogP contribution in [0.15, 0.2) is 52.2 Å². The van der Waals surface area contributed by atoms with Gasteiger partial charge in [-0.15, -0.1) is 0 Å². The number of aryl methyl sites for hydroxylation is 3. The summed E-state index contributed by atoms with van der Waals surface area (Å²) in [6.45, 7) is 5.20. The second kappa shape index (κ2) is 7.43. The van der Waals surface area contributed by atoms with E-state index in [0.717, 1.165) is 11.0 Å². The summed E-state index contributed by atoms with van der Waals surface area (Å²) in [6.07, 6.45) is 1.79. The van der Waals surface area contributed by atoms with Crippen LogP contribution in [-0.2, 0) is 24.4 Å². The van der Waals surface area contributed by atoms with E-state index in [1.165, 1.54) is 10.6 Å². The zero-order valence-corrected chi connectivity index (χ0v) is 14.9. The molecule has 1 amide bonds. The molecule has 0 spiro atoms. The van der Waals surface area contributed by atoms with Crippen molar-refractivity contribution in [2.45, 2.75) is 39.9 Å². The van der Waals surface area contributed by atoms with Gasteiger partial charge in [0.05, 0.1) is 16.7 Å². The molecule has 3 aromatic rings. The van der Waals surface area contributed by atoms with Crippen molar-refractivity contribution < 1.29 is 4.79 Å². The van der Waals surface area contributed by atoms with Gasteiger partial charge in [-0.05, 0) is 32.0 Å². The molecule has 0 saturated heterocycles. The number of para-hydroxylation sites is 2. The molecule has 2 heterocycles. The van der Waals surface area contributed by atoms with Crippen LogP contribution < -0.4 is 16.6 Å². The highest BCUT2D eigenvalue weighted by molar-refractivity contribution is 5.90. The van der Waals surface area contributed by atoms with Crippen LogP contribution in [0.3, 0.4) is 0 Å². The number of pyridine rings is 1. The second-order valence-electron chi connectivity index (χ2n) is 6.01. The second-order valence-corrected chi connectivity index (χ2v) is 6.01. The molecule has 0 atom stereocenters. The topological polar surface area (TPSA) is 78.0 Å². The average molecular weight is 354 g/mol. The van der Waals surface area contributed by atoms with E-state index in [1.54, 1.807) is 21.4 Å². The van der Waals surface area contributed by atoms with Gasteiger partial charge in [-0.25, -0.2) is 4.79 Å². The van der Waals surface area contributed by atoms with E-state index < -0.39 is 0 Å². The fourth-order valence-corrected chi connectivity index (χ4v) is 3.08. The Labute approximate surface area is 150 Å². The molecule has 0 aliphatic carbocycles. The van der Waals surface area contributed by atoms with Crippen LogP contribution in [-0.4, -0.2) is 19.6 Å². The number of nitrogens with one attached hydrogen (secondary N) is 1. The summed E-state index contributed by atoms with van der Waals surface area (Å²) in [5.41, 5.74) is 2.05. The number of hydrogen-bond donors (Lipinski definition) is 1. The van der Waals surface area contributed by atoms with Crippen LogP contribution in [0.1, 0.15) is 20.3 Å². The first-order valence-corrected chi connectivity index (χ1v) is 8.73. The van der Waals surface area contributed by atoms with Crippen LogP contribution in [0.5, 0.6) is 0 Å². The van der Waals surface area contributed by atoms with Crippen LogP contribution in [0.25, 0.3) is 11.0 Å². The highest BCUT2D eigenvalue weighted by atomic mass is 16.2. The standard InChI is InChI=1S/C19H22N4O3/c1-3-21-13-14(9-10-18(21)25)20-17(24)11-12-23-16-8-6-5-7-15(16)22(4-2)19(23)26/h5-10,13H,3-4,11-12H2,1-2H3,(H,20,24). The molecule has 26 heavy (non-hydrogen) atoms. The van der Waals surface area contributed by atoms with Crippen molar-refractivity contribution in [2.75, 3.05) is 5.32 Å². The van der Waals surface area contributed by atoms with Gasteiger partial charge in [0.25, 0.3) is 5.56 Å². The van der Waals surface area contributed by atoms with Gasteiger partial charge < -0.3 is 9.88 Å². The molecule has 0 bridgehead atoms. The molecule has 2 aromatic heterocycles. The van der Waals surface area contributed by atoms with Crippen molar-refractivity contribution in [1.29, 1.82) is 0 Å². The Bertz CT molecular complexity index is 1060. The quantitative estimate of drug-likeness (QED) is 0.736. The molecule has 7 nitrogen and oxygen atoms in total. The van der Waals surface area contributed by atoms with Crippen molar-refractivity contribution in [3.05, 3.63) is 63.4 Å². The first-order chi connectivity index (χ1) is 12.5. The predicted molar refractivity (Wildman–Crippen MR) is 101 cm³/mol. The molecule has 7 heteroatoms. The third-order valence-corrected chi connectivity index (χ3v) is 4.41. The van der Waals surface area contributed by atoms with Gasteiger partial charge in [-0.1, -0.05) is 12.1 Å². The number of imidazole rings is 1. The zero-order valence-electron chi connectivity index (χ0n) is 14.9. The Morgan fingerprint density at radius 3 is 2.31 bits per heavy atom. The lowest BCUT2D eigenvalue weighted by atomic mass is 10.3. The Morgan fingerprint density at radius 2 is 1.65 bits per heavy atom. The number of amides is 1. The Hall–Kier alpha value is -3.09. The summed E-state index contributed by atoms with van der Waals surface area (Å²) in [5.74, 6) is -0.202. The lowest BCUT2D eigenvalue weighted by Gasteiger charge is -2.08. The van der Waals surface area contributed by atoms with Crippen LogP contribution in [0.2, 0.25) is 0 Å². The van der Waals surface area contributed by atoms with Gasteiger partial charge >= 0.3 is 5.69 Å². The van der Waals surface area contributed by atoms with Crippen molar-refractivity contribution in [3.63, 3.8) is 0 Å². The van der Waals surface area contributed by atoms with E-state index in [4.69, 9.17) is 0 Å². The van der Waals surface area contributed by atoms with E-state index in [2.05, 4.69) is 5.32 Å². The maximum absolute atomic E-state index is 12.6. The van der Waals surface area contributed by atoms with Crippen LogP contribution in [0, 0.1) is 0 Å². The molecular weight excluding hydrogens is 332 g/mol. The van der Waals surface area contributed by atoms with Crippen molar-refractivity contribution in [3.8, 4) is 0 Å². The lowest BCUT2D eigenvalue weighted by molar-refractivity contribution is -0.116. The van der Waals surface area contributed by atoms with Gasteiger partial charge in [0.2, 0.25) is 5.91 Å². The Balaban J connectivity index is 1.76. The minimum absolute atomic E-state index is 0.107. The third kappa shape index (κ3) is 3.33. The van der Waals surface area contributed by atoms with Gasteiger partial charge in [0.1, 0.15) is 0 Å². The van der Waals surface area contributed by atoms with Gasteiger partial charge in [0.15, 0.2) is 0 Å². The first-order valence-electron chi connectivity index (χ1n) is 8.73. The molecule has 0 saturated carbocycles. The van der Waals surface area contributed by atoms with E-state index >= 15 is 0 Å². The number of fused-ring (bicyclic) bond motifs is 1. The highest BCUT2D eigenvalue weighted by Gasteiger charge is 2.13. The fraction of sp³-hybridized carbons (Fsp3) is 0.316. The van der Waals surface area contributed by atoms with Gasteiger partial charge in [-0.3, -0.25) is 18.7 Å². The molecule has 1 N–H and O–H groups in total. The number of carbonyl (C=O) groups is 1. The number of rotatable bonds is 6. The summed E-state index contributed by atoms with van der Waals surface area (Å²) in [7, 11) is 0. The molecule has 0 fully saturated rings. The van der Waals surface area contributed by atoms with E-state index in [-0.39, 0.29) is 23.6 Å². The molecule has 0 aliphatic heterocycles. The van der Waals surface area contributed by atoms with Gasteiger partial charge in [0, 0.05) is 38.3 Å². The van der Waals surface area contributed by atoms with Gasteiger partial charge in [-0.2, -0.15) is 0 Å². The predicted octanol–water partition coefficient (Wildman–Crippen LogP) is 2.03. The molecule has 1 aromatic carbocycles. The SMILES string of the molecule is CCn1cc(NC(=O)CCn2c(=O)n(CC)c3ccccc32)ccc1=O. The number of anilines is 1. The van der Waals surface area contributed by atoms with Crippen molar-refractivity contribution >= 4 is 22.6 Å². The summed E-state index contributed by atoms with van der Waals surface area (Å²) in [5, 5.41) is 2.78. The molecular formula is C19H22N4O3. The summed E-state index contributed by atoms with van der Waals surface area (Å²) in [6, 6.07) is 10.6. The summed E-state index contributed by atoms with van der Waals surface area (Å²) >= 11 is 0. The monoisotopic (exact) mass is 354 g/mol. The maximum atomic E-state index is 12.6. The minimum Gasteiger partial charge on any atom is -0.325 e. The summed E-state index contributed by atoms with van der Waals surface area (Å²) < 4.78 is 4.85. The number of aromatic nitrogens is 3. The number of nitrogens with zero attached hydrogens (tertiary/aromatic N) is 3. The number of hydrogen-bond acceptors (Lipinski definition) is 3. The molecule has 3 rings (SSSR count). The Morgan fingerprint density at radius 1 is 0.962 bits per heavy atom. The molecule has 0 unspecified atom stereocenters. The minimum atomic E-state index is -0.202. The van der Waals surface area contributed by atoms with Crippen molar-refractivity contribution in [1.82, 2.24) is 13.7 Å². The third-order valence-electron chi connectivity index (χ3n) is 4.41. The lowest BCUT2D eigenvalue weighted by Crippen LogP contribution is -2.26. The highest BCUT2D eigenvalue weighted by Crippen LogP contribution is 2.13. The van der Waals surface area contributed by atoms with Crippen LogP contribution in [0.4, 0.5) is 5.69 Å². The average Bonchev–Trinajstić information content (AvgIpc) is 2.92. The molecule has 136 valence electrons. The van der Waals surface area contributed by atoms with E-state index in [9.17, 15) is 14.4 Å². The number of carbonyl (C=O) groups excluding carboxylic acids is 1. The smallest absolute Gasteiger partial charge is 0.325 e. The summed E-state index contributed by atoms with van der Waals surface area (Å²) in [4.78, 5) is 36.4. The maximum Gasteiger partial charge on any atom is 0.329 e. The van der Waals surface area contributed by atoms with Crippen molar-refractivity contribution in [2.24, 2.45) is 0 Å². The Kier molecular flexibility index (Phi) is 5.06. The normalized spacial score (nSPS) is 11.0. The number of benzene rings is 1. The van der Waals surface area contributed by atoms with E-state index in [1.807, 2.05) is 38.1 Å². The molecule has 0 aliphatic rings. The molecule has 0 radical (unpaired) electrons. The largest absolute Gasteiger partial charge is 0.329 e. The zero-order chi connectivity index (χ0) is 18.7. The van der Waals surface area contributed by atoms with Crippen LogP contribution >= 0.6 is 0 Å². The fourth-order valence-electron chi connectivity index (χ4n) is 3.08. The first kappa shape index (κ1) is 17.7.